The largest absolute Gasteiger partial charge is 0.480 e. The van der Waals surface area contributed by atoms with E-state index in [0.717, 1.165) is 0 Å². The number of carbonyl (C=O) groups is 2. The van der Waals surface area contributed by atoms with Gasteiger partial charge in [0.05, 0.1) is 18.8 Å². The molecule has 1 rings (SSSR count). The minimum Gasteiger partial charge on any atom is -0.480 e. The summed E-state index contributed by atoms with van der Waals surface area (Å²) in [5.41, 5.74) is -0.404. The lowest BCUT2D eigenvalue weighted by molar-refractivity contribution is -0.139. The monoisotopic (exact) mass is 244 g/mol. The topological polar surface area (TPSA) is 78.9 Å². The molecule has 0 bridgehead atoms. The summed E-state index contributed by atoms with van der Waals surface area (Å²) in [6, 6.07) is -1.17. The average molecular weight is 244 g/mol. The summed E-state index contributed by atoms with van der Waals surface area (Å²) in [7, 11) is 0. The van der Waals surface area contributed by atoms with Gasteiger partial charge in [-0.25, -0.2) is 9.59 Å². The summed E-state index contributed by atoms with van der Waals surface area (Å²) in [5.74, 6) is -1.01. The maximum atomic E-state index is 12.0. The number of nitrogens with zero attached hydrogens (tertiary/aromatic N) is 1. The Hall–Kier alpha value is -1.30. The molecule has 1 fully saturated rings. The normalized spacial score (nSPS) is 20.8. The second-order valence-corrected chi connectivity index (χ2v) is 4.77. The van der Waals surface area contributed by atoms with Gasteiger partial charge in [0.1, 0.15) is 6.04 Å². The maximum Gasteiger partial charge on any atom is 0.326 e. The molecule has 1 aliphatic heterocycles. The molecule has 1 unspecified atom stereocenters. The molecule has 1 heterocycles. The van der Waals surface area contributed by atoms with Crippen LogP contribution in [0.3, 0.4) is 0 Å². The Kier molecular flexibility index (Phi) is 4.34. The van der Waals surface area contributed by atoms with E-state index in [1.165, 1.54) is 0 Å². The van der Waals surface area contributed by atoms with Gasteiger partial charge in [0.2, 0.25) is 0 Å². The smallest absolute Gasteiger partial charge is 0.326 e. The predicted molar refractivity (Wildman–Crippen MR) is 61.9 cm³/mol. The molecule has 0 aromatic heterocycles. The zero-order valence-corrected chi connectivity index (χ0v) is 10.5. The summed E-state index contributed by atoms with van der Waals surface area (Å²) < 4.78 is 5.31. The van der Waals surface area contributed by atoms with Crippen molar-refractivity contribution >= 4 is 12.0 Å². The molecule has 2 N–H and O–H groups in total. The lowest BCUT2D eigenvalue weighted by Crippen LogP contribution is -2.60. The van der Waals surface area contributed by atoms with Crippen molar-refractivity contribution in [1.82, 2.24) is 10.2 Å². The number of ether oxygens (including phenoxy) is 1. The number of hydrogen-bond donors (Lipinski definition) is 2. The van der Waals surface area contributed by atoms with Crippen molar-refractivity contribution in [1.29, 1.82) is 0 Å². The molecule has 17 heavy (non-hydrogen) atoms. The fraction of sp³-hybridized carbons (Fsp3) is 0.818. The first-order valence-corrected chi connectivity index (χ1v) is 5.77. The molecule has 0 aliphatic carbocycles. The molecular formula is C11H20N2O4. The van der Waals surface area contributed by atoms with Gasteiger partial charge in [0, 0.05) is 6.54 Å². The van der Waals surface area contributed by atoms with Gasteiger partial charge in [-0.3, -0.25) is 0 Å². The van der Waals surface area contributed by atoms with Gasteiger partial charge in [-0.15, -0.1) is 0 Å². The Balaban J connectivity index is 2.65. The number of hydrogen-bond acceptors (Lipinski definition) is 3. The number of carboxylic acid groups (broad SMARTS) is 1. The van der Waals surface area contributed by atoms with Gasteiger partial charge in [0.25, 0.3) is 0 Å². The third-order valence-electron chi connectivity index (χ3n) is 2.89. The number of aliphatic carboxylic acids is 1. The second kappa shape index (κ2) is 5.35. The number of morpholine rings is 1. The summed E-state index contributed by atoms with van der Waals surface area (Å²) in [6.45, 7) is 6.95. The first-order chi connectivity index (χ1) is 7.88. The van der Waals surface area contributed by atoms with E-state index >= 15 is 0 Å². The van der Waals surface area contributed by atoms with Crippen molar-refractivity contribution in [2.75, 3.05) is 19.8 Å². The van der Waals surface area contributed by atoms with Crippen LogP contribution in [0, 0.1) is 0 Å². The van der Waals surface area contributed by atoms with Crippen LogP contribution in [0.4, 0.5) is 4.79 Å². The molecule has 1 aliphatic rings. The van der Waals surface area contributed by atoms with E-state index in [4.69, 9.17) is 9.84 Å². The molecule has 0 aromatic carbocycles. The predicted octanol–water partition coefficient (Wildman–Crippen LogP) is 0.670. The Bertz CT molecular complexity index is 304. The third-order valence-corrected chi connectivity index (χ3v) is 2.89. The maximum absolute atomic E-state index is 12.0. The fourth-order valence-electron chi connectivity index (χ4n) is 1.80. The van der Waals surface area contributed by atoms with E-state index in [-0.39, 0.29) is 6.03 Å². The van der Waals surface area contributed by atoms with Crippen molar-refractivity contribution in [2.24, 2.45) is 0 Å². The Labute approximate surface area is 101 Å². The van der Waals surface area contributed by atoms with E-state index in [2.05, 4.69) is 5.32 Å². The van der Waals surface area contributed by atoms with Crippen molar-refractivity contribution in [3.05, 3.63) is 0 Å². The highest BCUT2D eigenvalue weighted by Gasteiger charge is 2.35. The second-order valence-electron chi connectivity index (χ2n) is 4.77. The standard InChI is InChI=1S/C11H20N2O4/c1-4-8(9(14)15)12-10(16)13-5-6-17-7-11(13,2)3/h8H,4-7H2,1-3H3,(H,12,16)(H,14,15). The van der Waals surface area contributed by atoms with Gasteiger partial charge in [-0.2, -0.15) is 0 Å². The Morgan fingerprint density at radius 3 is 2.65 bits per heavy atom. The number of nitrogens with one attached hydrogen (secondary N) is 1. The first kappa shape index (κ1) is 13.8. The van der Waals surface area contributed by atoms with Crippen LogP contribution in [0.2, 0.25) is 0 Å². The molecule has 1 saturated heterocycles. The molecule has 0 aromatic rings. The van der Waals surface area contributed by atoms with Crippen molar-refractivity contribution in [3.63, 3.8) is 0 Å². The average Bonchev–Trinajstić information content (AvgIpc) is 2.24. The molecule has 0 radical (unpaired) electrons. The van der Waals surface area contributed by atoms with E-state index < -0.39 is 17.6 Å². The summed E-state index contributed by atoms with van der Waals surface area (Å²) >= 11 is 0. The van der Waals surface area contributed by atoms with Crippen molar-refractivity contribution in [2.45, 2.75) is 38.8 Å². The number of carboxylic acids is 1. The van der Waals surface area contributed by atoms with Crippen LogP contribution in [0.1, 0.15) is 27.2 Å². The Morgan fingerprint density at radius 1 is 1.53 bits per heavy atom. The molecule has 6 heteroatoms. The fourth-order valence-corrected chi connectivity index (χ4v) is 1.80. The summed E-state index contributed by atoms with van der Waals surface area (Å²) in [6.07, 6.45) is 0.367. The molecule has 0 spiro atoms. The van der Waals surface area contributed by atoms with Crippen LogP contribution in [0.25, 0.3) is 0 Å². The van der Waals surface area contributed by atoms with Gasteiger partial charge >= 0.3 is 12.0 Å². The SMILES string of the molecule is CCC(NC(=O)N1CCOCC1(C)C)C(=O)O. The zero-order valence-electron chi connectivity index (χ0n) is 10.5. The number of amides is 2. The van der Waals surface area contributed by atoms with Crippen LogP contribution in [0.15, 0.2) is 0 Å². The van der Waals surface area contributed by atoms with Gasteiger partial charge in [-0.05, 0) is 20.3 Å². The van der Waals surface area contributed by atoms with Crippen LogP contribution >= 0.6 is 0 Å². The van der Waals surface area contributed by atoms with Gasteiger partial charge in [0.15, 0.2) is 0 Å². The first-order valence-electron chi connectivity index (χ1n) is 5.77. The quantitative estimate of drug-likeness (QED) is 0.764. The lowest BCUT2D eigenvalue weighted by Gasteiger charge is -2.42. The molecule has 6 nitrogen and oxygen atoms in total. The number of carbonyl (C=O) groups excluding carboxylic acids is 1. The third kappa shape index (κ3) is 3.33. The van der Waals surface area contributed by atoms with E-state index in [1.807, 2.05) is 13.8 Å². The molecule has 1 atom stereocenters. The minimum atomic E-state index is -1.01. The highest BCUT2D eigenvalue weighted by atomic mass is 16.5. The number of urea groups is 1. The molecular weight excluding hydrogens is 224 g/mol. The van der Waals surface area contributed by atoms with Crippen LogP contribution in [0.5, 0.6) is 0 Å². The van der Waals surface area contributed by atoms with Crippen molar-refractivity contribution in [3.8, 4) is 0 Å². The highest BCUT2D eigenvalue weighted by Crippen LogP contribution is 2.18. The van der Waals surface area contributed by atoms with E-state index in [1.54, 1.807) is 11.8 Å². The number of rotatable bonds is 3. The summed E-state index contributed by atoms with van der Waals surface area (Å²) in [5, 5.41) is 11.4. The lowest BCUT2D eigenvalue weighted by atomic mass is 10.0. The van der Waals surface area contributed by atoms with Crippen LogP contribution in [-0.2, 0) is 9.53 Å². The van der Waals surface area contributed by atoms with E-state index in [0.29, 0.717) is 26.2 Å². The van der Waals surface area contributed by atoms with E-state index in [9.17, 15) is 9.59 Å². The van der Waals surface area contributed by atoms with Crippen LogP contribution < -0.4 is 5.32 Å². The summed E-state index contributed by atoms with van der Waals surface area (Å²) in [4.78, 5) is 24.5. The molecule has 0 saturated carbocycles. The zero-order chi connectivity index (χ0) is 13.1. The van der Waals surface area contributed by atoms with Crippen LogP contribution in [-0.4, -0.2) is 53.3 Å². The van der Waals surface area contributed by atoms with Gasteiger partial charge in [-0.1, -0.05) is 6.92 Å². The van der Waals surface area contributed by atoms with Crippen molar-refractivity contribution < 1.29 is 19.4 Å². The highest BCUT2D eigenvalue weighted by molar-refractivity contribution is 5.82. The Morgan fingerprint density at radius 2 is 2.18 bits per heavy atom. The van der Waals surface area contributed by atoms with Gasteiger partial charge < -0.3 is 20.1 Å². The molecule has 98 valence electrons. The minimum absolute atomic E-state index is 0.340. The molecule has 2 amide bonds.